The fourth-order valence-electron chi connectivity index (χ4n) is 2.58. The van der Waals surface area contributed by atoms with Gasteiger partial charge in [0.25, 0.3) is 0 Å². The Bertz CT molecular complexity index is 503. The molecule has 0 aliphatic carbocycles. The SMILES string of the molecule is CNCc1ccc(CS(=O)(=O)N2CCCCCC2)cc1. The predicted octanol–water partition coefficient (Wildman–Crippen LogP) is 2.11. The van der Waals surface area contributed by atoms with Crippen molar-refractivity contribution in [2.24, 2.45) is 0 Å². The van der Waals surface area contributed by atoms with Gasteiger partial charge in [0.15, 0.2) is 0 Å². The lowest BCUT2D eigenvalue weighted by Gasteiger charge is -2.19. The van der Waals surface area contributed by atoms with Gasteiger partial charge in [-0.2, -0.15) is 0 Å². The van der Waals surface area contributed by atoms with Crippen LogP contribution in [0.5, 0.6) is 0 Å². The summed E-state index contributed by atoms with van der Waals surface area (Å²) in [4.78, 5) is 0. The number of hydrogen-bond donors (Lipinski definition) is 1. The number of benzene rings is 1. The summed E-state index contributed by atoms with van der Waals surface area (Å²) < 4.78 is 26.5. The van der Waals surface area contributed by atoms with Gasteiger partial charge in [0.1, 0.15) is 0 Å². The molecule has 0 radical (unpaired) electrons. The second-order valence-corrected chi connectivity index (χ2v) is 7.39. The van der Waals surface area contributed by atoms with Gasteiger partial charge < -0.3 is 5.32 Å². The van der Waals surface area contributed by atoms with Crippen molar-refractivity contribution in [2.75, 3.05) is 20.1 Å². The van der Waals surface area contributed by atoms with E-state index in [0.717, 1.165) is 37.8 Å². The van der Waals surface area contributed by atoms with Gasteiger partial charge >= 0.3 is 0 Å². The largest absolute Gasteiger partial charge is 0.316 e. The van der Waals surface area contributed by atoms with Crippen molar-refractivity contribution < 1.29 is 8.42 Å². The molecule has 1 aliphatic heterocycles. The molecule has 1 aromatic rings. The molecule has 1 saturated heterocycles. The predicted molar refractivity (Wildman–Crippen MR) is 81.9 cm³/mol. The van der Waals surface area contributed by atoms with Gasteiger partial charge in [-0.15, -0.1) is 0 Å². The summed E-state index contributed by atoms with van der Waals surface area (Å²) in [7, 11) is -1.27. The molecule has 1 aromatic carbocycles. The fourth-order valence-corrected chi connectivity index (χ4v) is 4.19. The molecule has 2 rings (SSSR count). The maximum Gasteiger partial charge on any atom is 0.218 e. The Morgan fingerprint density at radius 1 is 1.00 bits per heavy atom. The van der Waals surface area contributed by atoms with Crippen molar-refractivity contribution in [3.63, 3.8) is 0 Å². The summed E-state index contributed by atoms with van der Waals surface area (Å²) >= 11 is 0. The van der Waals surface area contributed by atoms with Crippen LogP contribution in [0.3, 0.4) is 0 Å². The van der Waals surface area contributed by atoms with Crippen LogP contribution in [0.2, 0.25) is 0 Å². The third-order valence-corrected chi connectivity index (χ3v) is 5.56. The summed E-state index contributed by atoms with van der Waals surface area (Å²) in [5, 5.41) is 3.08. The highest BCUT2D eigenvalue weighted by Gasteiger charge is 2.23. The number of hydrogen-bond acceptors (Lipinski definition) is 3. The van der Waals surface area contributed by atoms with Crippen LogP contribution in [0.4, 0.5) is 0 Å². The van der Waals surface area contributed by atoms with Gasteiger partial charge in [-0.05, 0) is 31.0 Å². The van der Waals surface area contributed by atoms with Crippen molar-refractivity contribution in [2.45, 2.75) is 38.0 Å². The molecule has 0 saturated carbocycles. The first kappa shape index (κ1) is 15.5. The summed E-state index contributed by atoms with van der Waals surface area (Å²) in [6.07, 6.45) is 4.26. The van der Waals surface area contributed by atoms with Crippen LogP contribution in [0.15, 0.2) is 24.3 Å². The van der Waals surface area contributed by atoms with Gasteiger partial charge in [0, 0.05) is 19.6 Å². The summed E-state index contributed by atoms with van der Waals surface area (Å²) in [6.45, 7) is 2.17. The molecule has 112 valence electrons. The first-order valence-corrected chi connectivity index (χ1v) is 8.93. The van der Waals surface area contributed by atoms with Crippen LogP contribution in [-0.4, -0.2) is 32.9 Å². The highest BCUT2D eigenvalue weighted by molar-refractivity contribution is 7.88. The van der Waals surface area contributed by atoms with Crippen molar-refractivity contribution >= 4 is 10.0 Å². The van der Waals surface area contributed by atoms with E-state index in [4.69, 9.17) is 0 Å². The molecule has 4 nitrogen and oxygen atoms in total. The Morgan fingerprint density at radius 3 is 2.10 bits per heavy atom. The van der Waals surface area contributed by atoms with Crippen LogP contribution in [0.25, 0.3) is 0 Å². The number of sulfonamides is 1. The lowest BCUT2D eigenvalue weighted by molar-refractivity contribution is 0.423. The van der Waals surface area contributed by atoms with Gasteiger partial charge in [-0.25, -0.2) is 12.7 Å². The van der Waals surface area contributed by atoms with Gasteiger partial charge in [0.05, 0.1) is 5.75 Å². The average Bonchev–Trinajstić information content (AvgIpc) is 2.70. The molecule has 1 aliphatic rings. The Labute approximate surface area is 122 Å². The first-order valence-electron chi connectivity index (χ1n) is 7.32. The van der Waals surface area contributed by atoms with Crippen LogP contribution in [0, 0.1) is 0 Å². The van der Waals surface area contributed by atoms with Crippen LogP contribution in [-0.2, 0) is 22.3 Å². The van der Waals surface area contributed by atoms with E-state index in [0.29, 0.717) is 13.1 Å². The molecule has 1 N–H and O–H groups in total. The molecule has 5 heteroatoms. The standard InChI is InChI=1S/C15H24N2O2S/c1-16-12-14-6-8-15(9-7-14)13-20(18,19)17-10-4-2-3-5-11-17/h6-9,16H,2-5,10-13H2,1H3. The quantitative estimate of drug-likeness (QED) is 0.905. The Kier molecular flexibility index (Phi) is 5.57. The minimum absolute atomic E-state index is 0.118. The monoisotopic (exact) mass is 296 g/mol. The topological polar surface area (TPSA) is 49.4 Å². The van der Waals surface area contributed by atoms with Crippen LogP contribution >= 0.6 is 0 Å². The fraction of sp³-hybridized carbons (Fsp3) is 0.600. The second-order valence-electron chi connectivity index (χ2n) is 5.42. The normalized spacial score (nSPS) is 17.9. The summed E-state index contributed by atoms with van der Waals surface area (Å²) in [5.41, 5.74) is 2.04. The lowest BCUT2D eigenvalue weighted by atomic mass is 10.1. The molecular formula is C15H24N2O2S. The lowest BCUT2D eigenvalue weighted by Crippen LogP contribution is -2.32. The molecule has 0 spiro atoms. The molecule has 0 bridgehead atoms. The smallest absolute Gasteiger partial charge is 0.218 e. The van der Waals surface area contributed by atoms with Gasteiger partial charge in [-0.3, -0.25) is 0 Å². The average molecular weight is 296 g/mol. The van der Waals surface area contributed by atoms with E-state index in [-0.39, 0.29) is 5.75 Å². The minimum Gasteiger partial charge on any atom is -0.316 e. The van der Waals surface area contributed by atoms with E-state index in [9.17, 15) is 8.42 Å². The molecule has 0 atom stereocenters. The Morgan fingerprint density at radius 2 is 1.55 bits per heavy atom. The van der Waals surface area contributed by atoms with E-state index in [2.05, 4.69) is 5.32 Å². The van der Waals surface area contributed by atoms with E-state index in [1.165, 1.54) is 5.56 Å². The second kappa shape index (κ2) is 7.20. The minimum atomic E-state index is -3.17. The summed E-state index contributed by atoms with van der Waals surface area (Å²) in [5.74, 6) is 0.118. The number of nitrogens with zero attached hydrogens (tertiary/aromatic N) is 1. The van der Waals surface area contributed by atoms with E-state index in [1.807, 2.05) is 31.3 Å². The molecule has 20 heavy (non-hydrogen) atoms. The van der Waals surface area contributed by atoms with Crippen LogP contribution in [0.1, 0.15) is 36.8 Å². The Balaban J connectivity index is 2.03. The van der Waals surface area contributed by atoms with Crippen molar-refractivity contribution in [1.29, 1.82) is 0 Å². The van der Waals surface area contributed by atoms with Crippen LogP contribution < -0.4 is 5.32 Å². The van der Waals surface area contributed by atoms with E-state index in [1.54, 1.807) is 4.31 Å². The van der Waals surface area contributed by atoms with Gasteiger partial charge in [-0.1, -0.05) is 37.1 Å². The molecule has 0 unspecified atom stereocenters. The van der Waals surface area contributed by atoms with Crippen molar-refractivity contribution in [1.82, 2.24) is 9.62 Å². The summed E-state index contributed by atoms with van der Waals surface area (Å²) in [6, 6.07) is 7.82. The van der Waals surface area contributed by atoms with Crippen molar-refractivity contribution in [3.8, 4) is 0 Å². The van der Waals surface area contributed by atoms with E-state index < -0.39 is 10.0 Å². The molecule has 0 amide bonds. The van der Waals surface area contributed by atoms with Gasteiger partial charge in [0.2, 0.25) is 10.0 Å². The zero-order valence-corrected chi connectivity index (χ0v) is 13.0. The number of rotatable bonds is 5. The highest BCUT2D eigenvalue weighted by atomic mass is 32.2. The maximum atomic E-state index is 12.4. The van der Waals surface area contributed by atoms with Crippen molar-refractivity contribution in [3.05, 3.63) is 35.4 Å². The molecular weight excluding hydrogens is 272 g/mol. The zero-order chi connectivity index (χ0) is 14.4. The molecule has 1 fully saturated rings. The molecule has 0 aromatic heterocycles. The Hall–Kier alpha value is -0.910. The third kappa shape index (κ3) is 4.30. The highest BCUT2D eigenvalue weighted by Crippen LogP contribution is 2.17. The van der Waals surface area contributed by atoms with E-state index >= 15 is 0 Å². The zero-order valence-electron chi connectivity index (χ0n) is 12.1. The number of nitrogens with one attached hydrogen (secondary N) is 1. The molecule has 1 heterocycles. The third-order valence-electron chi connectivity index (χ3n) is 3.71. The first-order chi connectivity index (χ1) is 9.62. The maximum absolute atomic E-state index is 12.4.